The fourth-order valence-corrected chi connectivity index (χ4v) is 3.68. The van der Waals surface area contributed by atoms with Crippen LogP contribution in [0.1, 0.15) is 24.9 Å². The van der Waals surface area contributed by atoms with Crippen molar-refractivity contribution < 1.29 is 8.42 Å². The standard InChI is InChI=1S/C11H17N3O2S/c1-3-9-6-11(13-8(2)12-9)14-10-4-5-17(15,16)7-10/h6,10H,3-5,7H2,1-2H3,(H,12,13,14). The molecule has 1 atom stereocenters. The first-order valence-corrected chi connectivity index (χ1v) is 7.62. The fourth-order valence-electron chi connectivity index (χ4n) is 2.00. The quantitative estimate of drug-likeness (QED) is 0.870. The van der Waals surface area contributed by atoms with Gasteiger partial charge in [0.05, 0.1) is 11.5 Å². The molecular weight excluding hydrogens is 238 g/mol. The van der Waals surface area contributed by atoms with Gasteiger partial charge < -0.3 is 5.32 Å². The molecule has 17 heavy (non-hydrogen) atoms. The van der Waals surface area contributed by atoms with E-state index in [-0.39, 0.29) is 17.5 Å². The van der Waals surface area contributed by atoms with Gasteiger partial charge in [-0.15, -0.1) is 0 Å². The maximum atomic E-state index is 11.3. The zero-order valence-electron chi connectivity index (χ0n) is 10.1. The van der Waals surface area contributed by atoms with Gasteiger partial charge in [0, 0.05) is 17.8 Å². The fraction of sp³-hybridized carbons (Fsp3) is 0.636. The number of hydrogen-bond acceptors (Lipinski definition) is 5. The third-order valence-corrected chi connectivity index (χ3v) is 4.61. The maximum absolute atomic E-state index is 11.3. The average molecular weight is 255 g/mol. The smallest absolute Gasteiger partial charge is 0.152 e. The Labute approximate surface area is 102 Å². The highest BCUT2D eigenvalue weighted by molar-refractivity contribution is 7.91. The summed E-state index contributed by atoms with van der Waals surface area (Å²) in [6.07, 6.45) is 1.51. The number of nitrogens with zero attached hydrogens (tertiary/aromatic N) is 2. The van der Waals surface area contributed by atoms with E-state index in [0.29, 0.717) is 12.2 Å². The summed E-state index contributed by atoms with van der Waals surface area (Å²) in [6, 6.07) is 1.87. The molecule has 0 radical (unpaired) electrons. The van der Waals surface area contributed by atoms with E-state index in [1.807, 2.05) is 19.9 Å². The van der Waals surface area contributed by atoms with Crippen LogP contribution in [0.5, 0.6) is 0 Å². The molecule has 1 aromatic heterocycles. The van der Waals surface area contributed by atoms with E-state index >= 15 is 0 Å². The van der Waals surface area contributed by atoms with Crippen molar-refractivity contribution in [2.75, 3.05) is 16.8 Å². The number of rotatable bonds is 3. The van der Waals surface area contributed by atoms with E-state index in [2.05, 4.69) is 15.3 Å². The van der Waals surface area contributed by atoms with Gasteiger partial charge in [0.15, 0.2) is 9.84 Å². The van der Waals surface area contributed by atoms with Crippen molar-refractivity contribution >= 4 is 15.7 Å². The molecule has 94 valence electrons. The van der Waals surface area contributed by atoms with Gasteiger partial charge in [0.1, 0.15) is 11.6 Å². The largest absolute Gasteiger partial charge is 0.366 e. The van der Waals surface area contributed by atoms with Crippen molar-refractivity contribution in [3.8, 4) is 0 Å². The Morgan fingerprint density at radius 2 is 2.24 bits per heavy atom. The number of sulfone groups is 1. The molecule has 2 rings (SSSR count). The minimum absolute atomic E-state index is 0.0148. The monoisotopic (exact) mass is 255 g/mol. The highest BCUT2D eigenvalue weighted by atomic mass is 32.2. The van der Waals surface area contributed by atoms with Crippen molar-refractivity contribution in [1.29, 1.82) is 0 Å². The van der Waals surface area contributed by atoms with Crippen LogP contribution in [-0.4, -0.2) is 35.9 Å². The lowest BCUT2D eigenvalue weighted by Crippen LogP contribution is -2.21. The summed E-state index contributed by atoms with van der Waals surface area (Å²) in [5.41, 5.74) is 0.973. The van der Waals surface area contributed by atoms with Gasteiger partial charge in [-0.2, -0.15) is 0 Å². The van der Waals surface area contributed by atoms with Gasteiger partial charge in [-0.1, -0.05) is 6.92 Å². The summed E-state index contributed by atoms with van der Waals surface area (Å²) in [7, 11) is -2.85. The molecule has 0 saturated carbocycles. The molecule has 0 bridgehead atoms. The highest BCUT2D eigenvalue weighted by Crippen LogP contribution is 2.16. The number of anilines is 1. The number of aromatic nitrogens is 2. The van der Waals surface area contributed by atoms with Crippen LogP contribution in [0.2, 0.25) is 0 Å². The minimum atomic E-state index is -2.85. The summed E-state index contributed by atoms with van der Waals surface area (Å²) in [5.74, 6) is 1.93. The van der Waals surface area contributed by atoms with E-state index in [9.17, 15) is 8.42 Å². The molecule has 0 aliphatic carbocycles. The Hall–Kier alpha value is -1.17. The van der Waals surface area contributed by atoms with E-state index in [0.717, 1.165) is 17.9 Å². The van der Waals surface area contributed by atoms with E-state index in [1.54, 1.807) is 0 Å². The maximum Gasteiger partial charge on any atom is 0.152 e. The van der Waals surface area contributed by atoms with E-state index in [4.69, 9.17) is 0 Å². The molecule has 1 aliphatic heterocycles. The van der Waals surface area contributed by atoms with Crippen LogP contribution in [0.15, 0.2) is 6.07 Å². The SMILES string of the molecule is CCc1cc(NC2CCS(=O)(=O)C2)nc(C)n1. The first-order valence-electron chi connectivity index (χ1n) is 5.80. The molecule has 1 fully saturated rings. The first-order chi connectivity index (χ1) is 7.98. The molecule has 6 heteroatoms. The zero-order valence-corrected chi connectivity index (χ0v) is 10.9. The van der Waals surface area contributed by atoms with Crippen molar-refractivity contribution in [2.45, 2.75) is 32.7 Å². The summed E-state index contributed by atoms with van der Waals surface area (Å²) in [4.78, 5) is 8.56. The normalized spacial score (nSPS) is 22.6. The number of hydrogen-bond donors (Lipinski definition) is 1. The third-order valence-electron chi connectivity index (χ3n) is 2.84. The lowest BCUT2D eigenvalue weighted by molar-refractivity contribution is 0.602. The Morgan fingerprint density at radius 1 is 1.47 bits per heavy atom. The minimum Gasteiger partial charge on any atom is -0.366 e. The van der Waals surface area contributed by atoms with Crippen LogP contribution in [0.3, 0.4) is 0 Å². The van der Waals surface area contributed by atoms with Crippen LogP contribution in [-0.2, 0) is 16.3 Å². The molecule has 1 N–H and O–H groups in total. The number of aryl methyl sites for hydroxylation is 2. The van der Waals surface area contributed by atoms with Crippen molar-refractivity contribution in [3.63, 3.8) is 0 Å². The van der Waals surface area contributed by atoms with Crippen molar-refractivity contribution in [2.24, 2.45) is 0 Å². The third kappa shape index (κ3) is 3.15. The Bertz CT molecular complexity index is 513. The Morgan fingerprint density at radius 3 is 2.82 bits per heavy atom. The first kappa shape index (κ1) is 12.3. The lowest BCUT2D eigenvalue weighted by atomic mass is 10.2. The average Bonchev–Trinajstić information content (AvgIpc) is 2.57. The molecule has 5 nitrogen and oxygen atoms in total. The van der Waals surface area contributed by atoms with Crippen molar-refractivity contribution in [3.05, 3.63) is 17.6 Å². The lowest BCUT2D eigenvalue weighted by Gasteiger charge is -2.12. The van der Waals surface area contributed by atoms with Gasteiger partial charge in [-0.3, -0.25) is 0 Å². The molecule has 1 unspecified atom stereocenters. The molecular formula is C11H17N3O2S. The highest BCUT2D eigenvalue weighted by Gasteiger charge is 2.27. The second kappa shape index (κ2) is 4.60. The van der Waals surface area contributed by atoms with E-state index in [1.165, 1.54) is 0 Å². The van der Waals surface area contributed by atoms with Gasteiger partial charge in [-0.05, 0) is 19.8 Å². The summed E-state index contributed by atoms with van der Waals surface area (Å²) in [5, 5.41) is 3.18. The molecule has 1 aliphatic rings. The van der Waals surface area contributed by atoms with Gasteiger partial charge in [0.25, 0.3) is 0 Å². The Balaban J connectivity index is 2.11. The summed E-state index contributed by atoms with van der Waals surface area (Å²) in [6.45, 7) is 3.88. The molecule has 0 aromatic carbocycles. The van der Waals surface area contributed by atoms with Crippen LogP contribution >= 0.6 is 0 Å². The van der Waals surface area contributed by atoms with Gasteiger partial charge in [-0.25, -0.2) is 18.4 Å². The molecule has 2 heterocycles. The summed E-state index contributed by atoms with van der Waals surface area (Å²) >= 11 is 0. The molecule has 1 aromatic rings. The zero-order chi connectivity index (χ0) is 12.5. The molecule has 1 saturated heterocycles. The Kier molecular flexibility index (Phi) is 3.33. The predicted octanol–water partition coefficient (Wildman–Crippen LogP) is 0.946. The second-order valence-corrected chi connectivity index (χ2v) is 6.62. The summed E-state index contributed by atoms with van der Waals surface area (Å²) < 4.78 is 22.7. The topological polar surface area (TPSA) is 72.0 Å². The van der Waals surface area contributed by atoms with Gasteiger partial charge in [0.2, 0.25) is 0 Å². The van der Waals surface area contributed by atoms with Crippen LogP contribution in [0.4, 0.5) is 5.82 Å². The predicted molar refractivity (Wildman–Crippen MR) is 66.8 cm³/mol. The van der Waals surface area contributed by atoms with Crippen LogP contribution in [0.25, 0.3) is 0 Å². The van der Waals surface area contributed by atoms with Crippen LogP contribution in [0, 0.1) is 6.92 Å². The van der Waals surface area contributed by atoms with E-state index < -0.39 is 9.84 Å². The number of nitrogens with one attached hydrogen (secondary N) is 1. The van der Waals surface area contributed by atoms with Crippen molar-refractivity contribution in [1.82, 2.24) is 9.97 Å². The van der Waals surface area contributed by atoms with Crippen LogP contribution < -0.4 is 5.32 Å². The molecule has 0 amide bonds. The second-order valence-electron chi connectivity index (χ2n) is 4.39. The van der Waals surface area contributed by atoms with Gasteiger partial charge >= 0.3 is 0 Å². The molecule has 0 spiro atoms.